The summed E-state index contributed by atoms with van der Waals surface area (Å²) in [5.74, 6) is -0.00327. The molecule has 4 aliphatic heterocycles. The average molecular weight is 492 g/mol. The maximum atomic E-state index is 12.9. The van der Waals surface area contributed by atoms with Gasteiger partial charge in [-0.15, -0.1) is 12.4 Å². The van der Waals surface area contributed by atoms with Gasteiger partial charge in [-0.25, -0.2) is 22.7 Å². The molecular weight excluding hydrogens is 465 g/mol. The number of sulfonamides is 1. The van der Waals surface area contributed by atoms with Crippen molar-refractivity contribution in [3.8, 4) is 0 Å². The molecule has 0 N–H and O–H groups in total. The summed E-state index contributed by atoms with van der Waals surface area (Å²) in [5, 5.41) is -0.226. The molecule has 4 atom stereocenters. The molecule has 4 unspecified atom stereocenters. The van der Waals surface area contributed by atoms with Crippen molar-refractivity contribution in [3.63, 3.8) is 0 Å². The summed E-state index contributed by atoms with van der Waals surface area (Å²) >= 11 is 6.13. The van der Waals surface area contributed by atoms with Gasteiger partial charge in [0.1, 0.15) is 5.25 Å². The summed E-state index contributed by atoms with van der Waals surface area (Å²) < 4.78 is 32.5. The van der Waals surface area contributed by atoms with Crippen LogP contribution in [-0.4, -0.2) is 90.2 Å². The zero-order chi connectivity index (χ0) is 20.9. The third kappa shape index (κ3) is 4.01. The number of piperazine rings is 1. The second kappa shape index (κ2) is 8.97. The van der Waals surface area contributed by atoms with Crippen LogP contribution in [0.4, 0.5) is 5.82 Å². The normalized spacial score (nSPS) is 31.7. The Bertz CT molecular complexity index is 928. The first kappa shape index (κ1) is 23.0. The van der Waals surface area contributed by atoms with Crippen molar-refractivity contribution in [1.29, 1.82) is 0 Å². The average Bonchev–Trinajstić information content (AvgIpc) is 3.40. The lowest BCUT2D eigenvalue weighted by Gasteiger charge is -2.35. The predicted octanol–water partition coefficient (Wildman–Crippen LogP) is 1.17. The molecule has 0 aliphatic carbocycles. The van der Waals surface area contributed by atoms with Crippen LogP contribution in [0, 0.1) is 5.92 Å². The topological polar surface area (TPSA) is 95.9 Å². The van der Waals surface area contributed by atoms with E-state index in [9.17, 15) is 13.2 Å². The van der Waals surface area contributed by atoms with Crippen LogP contribution in [0.3, 0.4) is 0 Å². The first-order valence-corrected chi connectivity index (χ1v) is 12.5. The number of ether oxygens (including phenoxy) is 1. The van der Waals surface area contributed by atoms with Crippen molar-refractivity contribution >= 4 is 45.8 Å². The van der Waals surface area contributed by atoms with E-state index in [4.69, 9.17) is 16.3 Å². The zero-order valence-electron chi connectivity index (χ0n) is 17.1. The highest BCUT2D eigenvalue weighted by molar-refractivity contribution is 7.90. The Kier molecular flexibility index (Phi) is 6.65. The van der Waals surface area contributed by atoms with Crippen molar-refractivity contribution in [2.24, 2.45) is 5.92 Å². The minimum Gasteiger partial charge on any atom is -0.373 e. The maximum absolute atomic E-state index is 12.9. The number of nitrogens with zero attached hydrogens (tertiary/aromatic N) is 5. The second-order valence-electron chi connectivity index (χ2n) is 8.44. The third-order valence-corrected chi connectivity index (χ3v) is 9.31. The maximum Gasteiger partial charge on any atom is 0.243 e. The quantitative estimate of drug-likeness (QED) is 0.547. The summed E-state index contributed by atoms with van der Waals surface area (Å²) in [7, 11) is -3.58. The number of fused-ring (bicyclic) bond motifs is 5. The summed E-state index contributed by atoms with van der Waals surface area (Å²) in [6.07, 6.45) is 5.81. The van der Waals surface area contributed by atoms with E-state index >= 15 is 0 Å². The van der Waals surface area contributed by atoms with E-state index in [0.29, 0.717) is 11.6 Å². The molecule has 1 amide bonds. The molecule has 0 saturated carbocycles. The van der Waals surface area contributed by atoms with E-state index in [2.05, 4.69) is 19.8 Å². The van der Waals surface area contributed by atoms with Crippen molar-refractivity contribution in [2.75, 3.05) is 44.2 Å². The van der Waals surface area contributed by atoms with Gasteiger partial charge in [-0.05, 0) is 32.2 Å². The largest absolute Gasteiger partial charge is 0.373 e. The summed E-state index contributed by atoms with van der Waals surface area (Å²) in [6.45, 7) is 4.58. The van der Waals surface area contributed by atoms with Gasteiger partial charge in [-0.3, -0.25) is 9.69 Å². The van der Waals surface area contributed by atoms with Gasteiger partial charge < -0.3 is 9.64 Å². The predicted molar refractivity (Wildman–Crippen MR) is 118 cm³/mol. The Labute approximate surface area is 193 Å². The molecule has 4 saturated heterocycles. The van der Waals surface area contributed by atoms with Gasteiger partial charge in [0.15, 0.2) is 11.0 Å². The minimum absolute atomic E-state index is 0. The molecule has 31 heavy (non-hydrogen) atoms. The standard InChI is InChI=1S/C19H26ClN5O4S.ClH/c20-17-18(22-6-5-21-17)24-11-9-23(10-12-24)7-1-2-8-25-19(26)15-13-3-4-14(29-13)16(15)30(25,27)28;/h5-6,13-16H,1-4,7-12H2;1H. The molecule has 1 aromatic rings. The number of halogens is 2. The van der Waals surface area contributed by atoms with Gasteiger partial charge >= 0.3 is 0 Å². The zero-order valence-corrected chi connectivity index (χ0v) is 19.5. The molecular formula is C19H27Cl2N5O4S. The molecule has 4 aliphatic rings. The van der Waals surface area contributed by atoms with Crippen LogP contribution < -0.4 is 4.90 Å². The number of aromatic nitrogens is 2. The van der Waals surface area contributed by atoms with Crippen LogP contribution in [0.1, 0.15) is 25.7 Å². The Balaban J connectivity index is 0.00000231. The van der Waals surface area contributed by atoms with Gasteiger partial charge in [-0.1, -0.05) is 11.6 Å². The van der Waals surface area contributed by atoms with Crippen molar-refractivity contribution in [1.82, 2.24) is 19.2 Å². The highest BCUT2D eigenvalue weighted by atomic mass is 35.5. The number of rotatable bonds is 6. The summed E-state index contributed by atoms with van der Waals surface area (Å²) in [5.41, 5.74) is 0. The highest BCUT2D eigenvalue weighted by Crippen LogP contribution is 2.48. The first-order valence-electron chi connectivity index (χ1n) is 10.6. The Morgan fingerprint density at radius 2 is 1.71 bits per heavy atom. The smallest absolute Gasteiger partial charge is 0.243 e. The lowest BCUT2D eigenvalue weighted by atomic mass is 9.88. The van der Waals surface area contributed by atoms with Gasteiger partial charge in [0.2, 0.25) is 15.9 Å². The van der Waals surface area contributed by atoms with E-state index in [1.54, 1.807) is 12.4 Å². The van der Waals surface area contributed by atoms with Crippen LogP contribution in [0.2, 0.25) is 5.15 Å². The number of carbonyl (C=O) groups excluding carboxylic acids is 1. The fraction of sp³-hybridized carbons (Fsp3) is 0.737. The Hall–Kier alpha value is -1.20. The SMILES string of the molecule is Cl.O=C1C2C3CCC(O3)C2S(=O)(=O)N1CCCCN1CCN(c2nccnc2Cl)CC1. The molecule has 0 radical (unpaired) electrons. The summed E-state index contributed by atoms with van der Waals surface area (Å²) in [6, 6.07) is 0. The molecule has 5 rings (SSSR count). The van der Waals surface area contributed by atoms with Gasteiger partial charge in [-0.2, -0.15) is 0 Å². The molecule has 5 heterocycles. The first-order chi connectivity index (χ1) is 14.5. The number of hydrogen-bond donors (Lipinski definition) is 0. The van der Waals surface area contributed by atoms with E-state index in [1.165, 1.54) is 0 Å². The molecule has 2 bridgehead atoms. The molecule has 4 fully saturated rings. The second-order valence-corrected chi connectivity index (χ2v) is 10.8. The third-order valence-electron chi connectivity index (χ3n) is 6.78. The molecule has 172 valence electrons. The van der Waals surface area contributed by atoms with Crippen molar-refractivity contribution < 1.29 is 17.9 Å². The van der Waals surface area contributed by atoms with Crippen LogP contribution in [0.25, 0.3) is 0 Å². The van der Waals surface area contributed by atoms with E-state index in [-0.39, 0.29) is 37.1 Å². The van der Waals surface area contributed by atoms with Crippen LogP contribution >= 0.6 is 24.0 Å². The lowest BCUT2D eigenvalue weighted by molar-refractivity contribution is -0.130. The number of unbranched alkanes of at least 4 members (excludes halogenated alkanes) is 1. The van der Waals surface area contributed by atoms with E-state index < -0.39 is 21.2 Å². The Morgan fingerprint density at radius 3 is 2.42 bits per heavy atom. The fourth-order valence-corrected chi connectivity index (χ4v) is 7.81. The number of anilines is 1. The molecule has 12 heteroatoms. The number of carbonyl (C=O) groups is 1. The molecule has 9 nitrogen and oxygen atoms in total. The van der Waals surface area contributed by atoms with Crippen LogP contribution in [-0.2, 0) is 19.6 Å². The lowest BCUT2D eigenvalue weighted by Crippen LogP contribution is -2.47. The Morgan fingerprint density at radius 1 is 1.03 bits per heavy atom. The van der Waals surface area contributed by atoms with Gasteiger partial charge in [0, 0.05) is 45.1 Å². The monoisotopic (exact) mass is 491 g/mol. The van der Waals surface area contributed by atoms with Gasteiger partial charge in [0.05, 0.1) is 18.1 Å². The number of hydrogen-bond acceptors (Lipinski definition) is 8. The van der Waals surface area contributed by atoms with E-state index in [1.807, 2.05) is 0 Å². The van der Waals surface area contributed by atoms with Crippen molar-refractivity contribution in [3.05, 3.63) is 17.5 Å². The minimum atomic E-state index is -3.58. The molecule has 1 aromatic heterocycles. The van der Waals surface area contributed by atoms with Crippen molar-refractivity contribution in [2.45, 2.75) is 43.1 Å². The van der Waals surface area contributed by atoms with Crippen LogP contribution in [0.5, 0.6) is 0 Å². The molecule has 0 spiro atoms. The number of amides is 1. The summed E-state index contributed by atoms with van der Waals surface area (Å²) in [4.78, 5) is 25.6. The highest BCUT2D eigenvalue weighted by Gasteiger charge is 2.65. The van der Waals surface area contributed by atoms with E-state index in [0.717, 1.165) is 62.1 Å². The van der Waals surface area contributed by atoms with Crippen LogP contribution in [0.15, 0.2) is 12.4 Å². The molecule has 0 aromatic carbocycles. The van der Waals surface area contributed by atoms with Gasteiger partial charge in [0.25, 0.3) is 0 Å². The fourth-order valence-electron chi connectivity index (χ4n) is 5.29.